The molecule has 35 heavy (non-hydrogen) atoms. The molecule has 3 aromatic carbocycles. The van der Waals surface area contributed by atoms with Gasteiger partial charge >= 0.3 is 0 Å². The number of amides is 1. The number of nitrogens with zero attached hydrogens (tertiary/aromatic N) is 2. The van der Waals surface area contributed by atoms with Gasteiger partial charge in [0.15, 0.2) is 4.32 Å². The molecule has 1 amide bonds. The first-order valence-corrected chi connectivity index (χ1v) is 13.0. The number of hydrogen-bond acceptors (Lipinski definition) is 4. The van der Waals surface area contributed by atoms with Crippen LogP contribution in [0.2, 0.25) is 10.0 Å². The van der Waals surface area contributed by atoms with Gasteiger partial charge in [-0.25, -0.2) is 0 Å². The number of thiocarbonyl (C=S) groups is 1. The topological polar surface area (TPSA) is 34.5 Å². The lowest BCUT2D eigenvalue weighted by molar-refractivity contribution is -0.113. The Morgan fingerprint density at radius 3 is 2.57 bits per heavy atom. The van der Waals surface area contributed by atoms with Gasteiger partial charge in [-0.15, -0.1) is 0 Å². The van der Waals surface area contributed by atoms with Gasteiger partial charge in [0.2, 0.25) is 0 Å². The van der Waals surface area contributed by atoms with E-state index in [9.17, 15) is 4.79 Å². The number of aromatic nitrogens is 1. The zero-order valence-corrected chi connectivity index (χ0v) is 21.8. The smallest absolute Gasteiger partial charge is 0.270 e. The molecule has 1 fully saturated rings. The van der Waals surface area contributed by atoms with Gasteiger partial charge in [0.1, 0.15) is 5.75 Å². The minimum atomic E-state index is -0.137. The summed E-state index contributed by atoms with van der Waals surface area (Å²) in [5.41, 5.74) is 3.67. The molecule has 1 aliphatic rings. The third-order valence-corrected chi connectivity index (χ3v) is 7.55. The van der Waals surface area contributed by atoms with E-state index in [-0.39, 0.29) is 5.91 Å². The van der Waals surface area contributed by atoms with Gasteiger partial charge in [0, 0.05) is 39.3 Å². The second-order valence-electron chi connectivity index (χ2n) is 7.91. The quantitative estimate of drug-likeness (QED) is 0.185. The lowest BCUT2D eigenvalue weighted by Gasteiger charge is -2.15. The van der Waals surface area contributed by atoms with E-state index in [1.165, 1.54) is 11.8 Å². The van der Waals surface area contributed by atoms with Crippen LogP contribution in [0.5, 0.6) is 5.75 Å². The average Bonchev–Trinajstić information content (AvgIpc) is 3.33. The normalized spacial score (nSPS) is 14.9. The molecule has 0 bridgehead atoms. The number of anilines is 1. The zero-order valence-electron chi connectivity index (χ0n) is 18.7. The number of halogens is 2. The highest BCUT2D eigenvalue weighted by Crippen LogP contribution is 2.38. The van der Waals surface area contributed by atoms with E-state index in [1.54, 1.807) is 11.0 Å². The minimum absolute atomic E-state index is 0.137. The van der Waals surface area contributed by atoms with E-state index < -0.39 is 0 Å². The number of carbonyl (C=O) groups excluding carboxylic acids is 1. The summed E-state index contributed by atoms with van der Waals surface area (Å²) in [6.45, 7) is 3.10. The van der Waals surface area contributed by atoms with Crippen molar-refractivity contribution in [2.45, 2.75) is 13.5 Å². The van der Waals surface area contributed by atoms with Crippen molar-refractivity contribution >= 4 is 80.1 Å². The number of carbonyl (C=O) groups is 1. The molecule has 8 heteroatoms. The van der Waals surface area contributed by atoms with Crippen LogP contribution in [-0.4, -0.2) is 21.4 Å². The zero-order chi connectivity index (χ0) is 24.5. The Morgan fingerprint density at radius 1 is 1.06 bits per heavy atom. The molecule has 176 valence electrons. The highest BCUT2D eigenvalue weighted by Gasteiger charge is 2.33. The Balaban J connectivity index is 1.48. The highest BCUT2D eigenvalue weighted by molar-refractivity contribution is 8.27. The molecule has 0 atom stereocenters. The van der Waals surface area contributed by atoms with Crippen LogP contribution in [0.4, 0.5) is 5.69 Å². The maximum absolute atomic E-state index is 13.3. The van der Waals surface area contributed by atoms with E-state index in [4.69, 9.17) is 40.2 Å². The SMILES string of the molecule is CCOc1ccc(N2C(=O)/C(=C\c3cn(Cc4ccc(Cl)cc4Cl)c4ccccc34)SC2=S)cc1. The summed E-state index contributed by atoms with van der Waals surface area (Å²) in [7, 11) is 0. The minimum Gasteiger partial charge on any atom is -0.494 e. The van der Waals surface area contributed by atoms with Gasteiger partial charge in [-0.1, -0.05) is 71.4 Å². The lowest BCUT2D eigenvalue weighted by atomic mass is 10.1. The molecular weight excluding hydrogens is 519 g/mol. The average molecular weight is 540 g/mol. The van der Waals surface area contributed by atoms with Gasteiger partial charge in [-0.05, 0) is 61.0 Å². The Kier molecular flexibility index (Phi) is 6.89. The van der Waals surface area contributed by atoms with Crippen molar-refractivity contribution in [1.29, 1.82) is 0 Å². The number of para-hydroxylation sites is 1. The summed E-state index contributed by atoms with van der Waals surface area (Å²) in [6, 6.07) is 21.0. The maximum atomic E-state index is 13.3. The van der Waals surface area contributed by atoms with Crippen molar-refractivity contribution in [3.8, 4) is 5.75 Å². The maximum Gasteiger partial charge on any atom is 0.270 e. The summed E-state index contributed by atoms with van der Waals surface area (Å²) in [4.78, 5) is 15.5. The molecule has 1 saturated heterocycles. The molecule has 4 aromatic rings. The number of rotatable bonds is 6. The van der Waals surface area contributed by atoms with Gasteiger partial charge in [0.25, 0.3) is 5.91 Å². The number of thioether (sulfide) groups is 1. The number of hydrogen-bond donors (Lipinski definition) is 0. The van der Waals surface area contributed by atoms with Crippen LogP contribution in [0, 0.1) is 0 Å². The Morgan fingerprint density at radius 2 is 1.83 bits per heavy atom. The van der Waals surface area contributed by atoms with E-state index in [1.807, 2.05) is 73.8 Å². The van der Waals surface area contributed by atoms with Crippen LogP contribution >= 0.6 is 47.2 Å². The summed E-state index contributed by atoms with van der Waals surface area (Å²) >= 11 is 19.3. The molecule has 0 unspecified atom stereocenters. The van der Waals surface area contributed by atoms with Gasteiger partial charge in [0.05, 0.1) is 17.2 Å². The highest BCUT2D eigenvalue weighted by atomic mass is 35.5. The fourth-order valence-corrected chi connectivity index (χ4v) is 5.80. The van der Waals surface area contributed by atoms with Crippen LogP contribution < -0.4 is 9.64 Å². The fourth-order valence-electron chi connectivity index (χ4n) is 4.04. The Labute approximate surface area is 223 Å². The molecule has 0 saturated carbocycles. The van der Waals surface area contributed by atoms with Crippen molar-refractivity contribution in [2.75, 3.05) is 11.5 Å². The molecule has 0 spiro atoms. The van der Waals surface area contributed by atoms with Crippen LogP contribution in [0.3, 0.4) is 0 Å². The molecule has 2 heterocycles. The molecular formula is C27H20Cl2N2O2S2. The van der Waals surface area contributed by atoms with Gasteiger partial charge in [-0.2, -0.15) is 0 Å². The third kappa shape index (κ3) is 4.84. The van der Waals surface area contributed by atoms with Crippen LogP contribution in [0.25, 0.3) is 17.0 Å². The van der Waals surface area contributed by atoms with E-state index in [2.05, 4.69) is 10.6 Å². The monoisotopic (exact) mass is 538 g/mol. The number of ether oxygens (including phenoxy) is 1. The van der Waals surface area contributed by atoms with Crippen molar-refractivity contribution in [3.05, 3.63) is 99.0 Å². The predicted octanol–water partition coefficient (Wildman–Crippen LogP) is 7.80. The summed E-state index contributed by atoms with van der Waals surface area (Å²) in [6.07, 6.45) is 3.95. The number of fused-ring (bicyclic) bond motifs is 1. The summed E-state index contributed by atoms with van der Waals surface area (Å²) < 4.78 is 8.14. The fraction of sp³-hybridized carbons (Fsp3) is 0.111. The number of benzene rings is 3. The molecule has 0 N–H and O–H groups in total. The summed E-state index contributed by atoms with van der Waals surface area (Å²) in [5, 5.41) is 2.27. The van der Waals surface area contributed by atoms with E-state index >= 15 is 0 Å². The van der Waals surface area contributed by atoms with Crippen molar-refractivity contribution in [1.82, 2.24) is 4.57 Å². The molecule has 5 rings (SSSR count). The largest absolute Gasteiger partial charge is 0.494 e. The Hall–Kier alpha value is -2.77. The second-order valence-corrected chi connectivity index (χ2v) is 10.4. The van der Waals surface area contributed by atoms with Crippen LogP contribution in [-0.2, 0) is 11.3 Å². The van der Waals surface area contributed by atoms with Crippen molar-refractivity contribution < 1.29 is 9.53 Å². The van der Waals surface area contributed by atoms with Crippen LogP contribution in [0.15, 0.2) is 77.8 Å². The van der Waals surface area contributed by atoms with E-state index in [0.29, 0.717) is 32.4 Å². The third-order valence-electron chi connectivity index (χ3n) is 5.66. The van der Waals surface area contributed by atoms with Gasteiger partial charge < -0.3 is 9.30 Å². The van der Waals surface area contributed by atoms with Crippen LogP contribution in [0.1, 0.15) is 18.1 Å². The first-order valence-electron chi connectivity index (χ1n) is 11.0. The first kappa shape index (κ1) is 23.9. The van der Waals surface area contributed by atoms with E-state index in [0.717, 1.165) is 33.5 Å². The second kappa shape index (κ2) is 10.1. The molecule has 1 aliphatic heterocycles. The lowest BCUT2D eigenvalue weighted by Crippen LogP contribution is -2.27. The van der Waals surface area contributed by atoms with Gasteiger partial charge in [-0.3, -0.25) is 9.69 Å². The Bertz CT molecular complexity index is 1480. The molecule has 4 nitrogen and oxygen atoms in total. The molecule has 1 aromatic heterocycles. The standard InChI is InChI=1S/C27H20Cl2N2O2S2/c1-2-33-21-11-9-20(10-12-21)31-26(32)25(35-27(31)34)13-18-16-30(24-6-4-3-5-22(18)24)15-17-7-8-19(28)14-23(17)29/h3-14,16H,2,15H2,1H3/b25-13+. The van der Waals surface area contributed by atoms with Crippen molar-refractivity contribution in [2.24, 2.45) is 0 Å². The first-order chi connectivity index (χ1) is 16.9. The predicted molar refractivity (Wildman–Crippen MR) is 151 cm³/mol. The summed E-state index contributed by atoms with van der Waals surface area (Å²) in [5.74, 6) is 0.618. The van der Waals surface area contributed by atoms with Crippen molar-refractivity contribution in [3.63, 3.8) is 0 Å². The molecule has 0 aliphatic carbocycles. The molecule has 0 radical (unpaired) electrons.